The van der Waals surface area contributed by atoms with Crippen LogP contribution in [0.5, 0.6) is 0 Å². The molecule has 116 valence electrons. The van der Waals surface area contributed by atoms with E-state index in [2.05, 4.69) is 15.0 Å². The summed E-state index contributed by atoms with van der Waals surface area (Å²) in [6, 6.07) is 4.11. The third kappa shape index (κ3) is 3.00. The zero-order valence-electron chi connectivity index (χ0n) is 11.9. The summed E-state index contributed by atoms with van der Waals surface area (Å²) >= 11 is 6.19. The van der Waals surface area contributed by atoms with Gasteiger partial charge in [0.1, 0.15) is 0 Å². The number of nitrogens with one attached hydrogen (secondary N) is 1. The van der Waals surface area contributed by atoms with E-state index in [-0.39, 0.29) is 21.9 Å². The highest BCUT2D eigenvalue weighted by molar-refractivity contribution is 6.50. The molecule has 3 aromatic rings. The minimum absolute atomic E-state index is 0.0476. The van der Waals surface area contributed by atoms with E-state index in [4.69, 9.17) is 16.7 Å². The first kappa shape index (κ1) is 15.0. The fraction of sp³-hybridized carbons (Fsp3) is 0.0667. The topological polar surface area (TPSA) is 101 Å². The average molecular weight is 331 g/mol. The number of halogens is 1. The highest BCUT2D eigenvalue weighted by Gasteiger charge is 2.10. The number of aromatic nitrogens is 4. The van der Waals surface area contributed by atoms with Crippen LogP contribution in [0.15, 0.2) is 35.5 Å². The fourth-order valence-electron chi connectivity index (χ4n) is 2.09. The quantitative estimate of drug-likeness (QED) is 0.765. The highest BCUT2D eigenvalue weighted by Crippen LogP contribution is 2.19. The summed E-state index contributed by atoms with van der Waals surface area (Å²) in [5, 5.41) is 9.52. The van der Waals surface area contributed by atoms with Crippen LogP contribution < -0.4 is 5.56 Å². The van der Waals surface area contributed by atoms with Crippen LogP contribution in [0.3, 0.4) is 0 Å². The van der Waals surface area contributed by atoms with E-state index in [1.807, 2.05) is 7.05 Å². The molecule has 0 spiro atoms. The molecule has 0 unspecified atom stereocenters. The van der Waals surface area contributed by atoms with Gasteiger partial charge in [-0.25, -0.2) is 14.8 Å². The number of imidazole rings is 1. The maximum Gasteiger partial charge on any atom is 0.335 e. The first-order valence-electron chi connectivity index (χ1n) is 6.57. The standard InChI is InChI=1S/C15H11ClN4O3/c1-20-6-9(17-7-20)5-11(16)13-18-12-4-8(15(22)23)2-3-10(12)14(21)19-13/h2-7H,1H3,(H,22,23)(H,18,19,21)/b11-5-. The van der Waals surface area contributed by atoms with Gasteiger partial charge in [0.05, 0.1) is 33.5 Å². The number of hydrogen-bond donors (Lipinski definition) is 2. The Morgan fingerprint density at radius 2 is 2.22 bits per heavy atom. The molecule has 2 N–H and O–H groups in total. The third-order valence-electron chi connectivity index (χ3n) is 3.18. The van der Waals surface area contributed by atoms with E-state index in [9.17, 15) is 9.59 Å². The molecule has 2 heterocycles. The minimum Gasteiger partial charge on any atom is -0.478 e. The summed E-state index contributed by atoms with van der Waals surface area (Å²) in [6.45, 7) is 0. The summed E-state index contributed by atoms with van der Waals surface area (Å²) in [5.41, 5.74) is 0.525. The molecule has 0 aliphatic carbocycles. The molecule has 2 aromatic heterocycles. The third-order valence-corrected chi connectivity index (χ3v) is 3.47. The zero-order chi connectivity index (χ0) is 16.6. The van der Waals surface area contributed by atoms with Gasteiger partial charge in [0.15, 0.2) is 5.82 Å². The summed E-state index contributed by atoms with van der Waals surface area (Å²) in [4.78, 5) is 34.0. The number of rotatable bonds is 3. The number of fused-ring (bicyclic) bond motifs is 1. The van der Waals surface area contributed by atoms with Crippen molar-refractivity contribution < 1.29 is 9.90 Å². The van der Waals surface area contributed by atoms with Crippen molar-refractivity contribution in [2.75, 3.05) is 0 Å². The number of aryl methyl sites for hydroxylation is 1. The monoisotopic (exact) mass is 330 g/mol. The summed E-state index contributed by atoms with van der Waals surface area (Å²) in [5.74, 6) is -0.942. The molecule has 0 radical (unpaired) electrons. The van der Waals surface area contributed by atoms with Gasteiger partial charge in [0.25, 0.3) is 5.56 Å². The molecule has 0 aliphatic heterocycles. The zero-order valence-corrected chi connectivity index (χ0v) is 12.7. The number of aromatic amines is 1. The second-order valence-electron chi connectivity index (χ2n) is 4.91. The second-order valence-corrected chi connectivity index (χ2v) is 5.32. The van der Waals surface area contributed by atoms with Crippen molar-refractivity contribution in [1.82, 2.24) is 19.5 Å². The predicted octanol–water partition coefficient (Wildman–Crippen LogP) is 2.09. The molecule has 0 saturated carbocycles. The molecule has 0 atom stereocenters. The Balaban J connectivity index is 2.12. The van der Waals surface area contributed by atoms with Gasteiger partial charge in [-0.3, -0.25) is 4.79 Å². The van der Waals surface area contributed by atoms with Gasteiger partial charge in [0, 0.05) is 13.2 Å². The summed E-state index contributed by atoms with van der Waals surface area (Å²) in [6.07, 6.45) is 4.93. The molecule has 0 saturated heterocycles. The first-order chi connectivity index (χ1) is 10.9. The molecule has 0 bridgehead atoms. The van der Waals surface area contributed by atoms with Crippen molar-refractivity contribution in [3.63, 3.8) is 0 Å². The Labute approximate surface area is 134 Å². The van der Waals surface area contributed by atoms with Crippen molar-refractivity contribution >= 4 is 39.6 Å². The smallest absolute Gasteiger partial charge is 0.335 e. The van der Waals surface area contributed by atoms with Crippen molar-refractivity contribution in [3.8, 4) is 0 Å². The van der Waals surface area contributed by atoms with Gasteiger partial charge < -0.3 is 14.7 Å². The predicted molar refractivity (Wildman–Crippen MR) is 86.3 cm³/mol. The number of carbonyl (C=O) groups is 1. The molecule has 0 aliphatic rings. The normalized spacial score (nSPS) is 11.8. The van der Waals surface area contributed by atoms with Crippen LogP contribution in [-0.4, -0.2) is 30.6 Å². The van der Waals surface area contributed by atoms with E-state index in [1.54, 1.807) is 23.2 Å². The SMILES string of the molecule is Cn1cnc(/C=C(\Cl)c2nc3cc(C(=O)O)ccc3c(=O)[nH]2)c1. The van der Waals surface area contributed by atoms with Crippen LogP contribution in [0, 0.1) is 0 Å². The first-order valence-corrected chi connectivity index (χ1v) is 6.95. The average Bonchev–Trinajstić information content (AvgIpc) is 2.91. The van der Waals surface area contributed by atoms with Gasteiger partial charge in [-0.2, -0.15) is 0 Å². The van der Waals surface area contributed by atoms with Crippen molar-refractivity contribution in [2.45, 2.75) is 0 Å². The van der Waals surface area contributed by atoms with Crippen LogP contribution in [-0.2, 0) is 7.05 Å². The molecule has 23 heavy (non-hydrogen) atoms. The molecular formula is C15H11ClN4O3. The molecular weight excluding hydrogens is 320 g/mol. The molecule has 0 amide bonds. The fourth-order valence-corrected chi connectivity index (χ4v) is 2.29. The Morgan fingerprint density at radius 3 is 2.87 bits per heavy atom. The molecule has 7 nitrogen and oxygen atoms in total. The number of H-pyrrole nitrogens is 1. The maximum absolute atomic E-state index is 12.1. The summed E-state index contributed by atoms with van der Waals surface area (Å²) < 4.78 is 1.76. The molecule has 3 rings (SSSR count). The number of benzene rings is 1. The van der Waals surface area contributed by atoms with Gasteiger partial charge in [-0.05, 0) is 24.3 Å². The number of hydrogen-bond acceptors (Lipinski definition) is 4. The second kappa shape index (κ2) is 5.69. The van der Waals surface area contributed by atoms with Crippen molar-refractivity contribution in [2.24, 2.45) is 7.05 Å². The van der Waals surface area contributed by atoms with Gasteiger partial charge in [-0.1, -0.05) is 11.6 Å². The van der Waals surface area contributed by atoms with E-state index >= 15 is 0 Å². The number of carboxylic acids is 1. The largest absolute Gasteiger partial charge is 0.478 e. The van der Waals surface area contributed by atoms with Crippen molar-refractivity contribution in [3.05, 3.63) is 58.2 Å². The lowest BCUT2D eigenvalue weighted by Crippen LogP contribution is -2.11. The lowest BCUT2D eigenvalue weighted by molar-refractivity contribution is 0.0697. The summed E-state index contributed by atoms with van der Waals surface area (Å²) in [7, 11) is 1.82. The van der Waals surface area contributed by atoms with E-state index in [0.29, 0.717) is 11.1 Å². The van der Waals surface area contributed by atoms with Gasteiger partial charge in [0.2, 0.25) is 0 Å². The Bertz CT molecular complexity index is 1000. The number of nitrogens with zero attached hydrogens (tertiary/aromatic N) is 3. The maximum atomic E-state index is 12.1. The Morgan fingerprint density at radius 1 is 1.43 bits per heavy atom. The highest BCUT2D eigenvalue weighted by atomic mass is 35.5. The molecule has 0 fully saturated rings. The van der Waals surface area contributed by atoms with Gasteiger partial charge in [-0.15, -0.1) is 0 Å². The lowest BCUT2D eigenvalue weighted by atomic mass is 10.1. The molecule has 1 aromatic carbocycles. The minimum atomic E-state index is -1.09. The number of carboxylic acid groups (broad SMARTS) is 1. The van der Waals surface area contributed by atoms with E-state index < -0.39 is 11.5 Å². The van der Waals surface area contributed by atoms with Crippen LogP contribution >= 0.6 is 11.6 Å². The number of aromatic carboxylic acids is 1. The molecule has 8 heteroatoms. The lowest BCUT2D eigenvalue weighted by Gasteiger charge is -2.03. The van der Waals surface area contributed by atoms with Crippen LogP contribution in [0.1, 0.15) is 21.9 Å². The Hall–Kier alpha value is -2.93. The van der Waals surface area contributed by atoms with Crippen LogP contribution in [0.2, 0.25) is 0 Å². The van der Waals surface area contributed by atoms with Crippen molar-refractivity contribution in [1.29, 1.82) is 0 Å². The van der Waals surface area contributed by atoms with E-state index in [1.165, 1.54) is 18.2 Å². The van der Waals surface area contributed by atoms with E-state index in [0.717, 1.165) is 0 Å². The van der Waals surface area contributed by atoms with Gasteiger partial charge >= 0.3 is 5.97 Å². The van der Waals surface area contributed by atoms with Crippen LogP contribution in [0.25, 0.3) is 22.0 Å². The van der Waals surface area contributed by atoms with Crippen LogP contribution in [0.4, 0.5) is 0 Å². The Kier molecular flexibility index (Phi) is 3.71.